The molecule has 1 aliphatic carbocycles. The molecule has 0 saturated heterocycles. The van der Waals surface area contributed by atoms with E-state index in [1.807, 2.05) is 6.07 Å². The van der Waals surface area contributed by atoms with E-state index < -0.39 is 10.9 Å². The van der Waals surface area contributed by atoms with Gasteiger partial charge in [-0.2, -0.15) is 0 Å². The first kappa shape index (κ1) is 17.5. The molecule has 3 rings (SSSR count). The van der Waals surface area contributed by atoms with Crippen LogP contribution < -0.4 is 0 Å². The average Bonchev–Trinajstić information content (AvgIpc) is 2.83. The Kier molecular flexibility index (Phi) is 5.36. The Balaban J connectivity index is 1.65. The highest BCUT2D eigenvalue weighted by atomic mass is 16.6. The van der Waals surface area contributed by atoms with Gasteiger partial charge in [0.15, 0.2) is 0 Å². The summed E-state index contributed by atoms with van der Waals surface area (Å²) in [5.74, 6) is -0.255. The van der Waals surface area contributed by atoms with Crippen molar-refractivity contribution in [3.8, 4) is 0 Å². The Morgan fingerprint density at radius 1 is 1.20 bits per heavy atom. The fourth-order valence-electron chi connectivity index (χ4n) is 3.79. The van der Waals surface area contributed by atoms with Gasteiger partial charge in [0.05, 0.1) is 16.4 Å². The van der Waals surface area contributed by atoms with Crippen LogP contribution in [0.5, 0.6) is 0 Å². The number of carbonyl (C=O) groups is 1. The largest absolute Gasteiger partial charge is 0.511 e. The number of hydrogen-bond acceptors (Lipinski definition) is 5. The van der Waals surface area contributed by atoms with Gasteiger partial charge in [-0.1, -0.05) is 25.0 Å². The summed E-state index contributed by atoms with van der Waals surface area (Å²) in [6, 6.07) is 6.51. The SMILES string of the molecule is O=C1OC2CCCCCC2C(O)=C1CCCc1cccc([N+](=O)[O-])c1. The van der Waals surface area contributed by atoms with E-state index in [0.717, 1.165) is 37.7 Å². The minimum Gasteiger partial charge on any atom is -0.511 e. The molecule has 0 amide bonds. The third kappa shape index (κ3) is 4.00. The number of rotatable bonds is 5. The average molecular weight is 345 g/mol. The van der Waals surface area contributed by atoms with Crippen molar-refractivity contribution in [3.05, 3.63) is 51.3 Å². The van der Waals surface area contributed by atoms with Gasteiger partial charge in [0.2, 0.25) is 0 Å². The maximum atomic E-state index is 12.2. The van der Waals surface area contributed by atoms with Crippen molar-refractivity contribution in [1.29, 1.82) is 0 Å². The molecule has 1 aromatic carbocycles. The maximum Gasteiger partial charge on any atom is 0.337 e. The summed E-state index contributed by atoms with van der Waals surface area (Å²) in [5.41, 5.74) is 1.30. The summed E-state index contributed by atoms with van der Waals surface area (Å²) >= 11 is 0. The van der Waals surface area contributed by atoms with Gasteiger partial charge in [0.25, 0.3) is 5.69 Å². The molecule has 1 N–H and O–H groups in total. The number of aliphatic hydroxyl groups is 1. The van der Waals surface area contributed by atoms with Crippen LogP contribution in [0.3, 0.4) is 0 Å². The summed E-state index contributed by atoms with van der Waals surface area (Å²) in [6.07, 6.45) is 6.35. The molecular formula is C19H23NO5. The first-order valence-electron chi connectivity index (χ1n) is 8.92. The standard InChI is InChI=1S/C19H23NO5/c21-18-15-9-2-1-3-11-17(15)25-19(22)16(18)10-5-7-13-6-4-8-14(12-13)20(23)24/h4,6,8,12,15,17,21H,1-3,5,7,9-11H2. The van der Waals surface area contributed by atoms with Crippen molar-refractivity contribution < 1.29 is 19.6 Å². The zero-order valence-electron chi connectivity index (χ0n) is 14.1. The normalized spacial score (nSPS) is 23.6. The number of aryl methyl sites for hydroxylation is 1. The van der Waals surface area contributed by atoms with Gasteiger partial charge < -0.3 is 9.84 Å². The van der Waals surface area contributed by atoms with E-state index in [1.165, 1.54) is 6.07 Å². The number of benzene rings is 1. The van der Waals surface area contributed by atoms with Gasteiger partial charge in [-0.25, -0.2) is 4.79 Å². The Morgan fingerprint density at radius 3 is 2.80 bits per heavy atom. The van der Waals surface area contributed by atoms with Crippen LogP contribution in [0.2, 0.25) is 0 Å². The monoisotopic (exact) mass is 345 g/mol. The lowest BCUT2D eigenvalue weighted by atomic mass is 9.88. The van der Waals surface area contributed by atoms with Crippen LogP contribution >= 0.6 is 0 Å². The molecule has 2 unspecified atom stereocenters. The lowest BCUT2D eigenvalue weighted by molar-refractivity contribution is -0.384. The molecule has 1 heterocycles. The van der Waals surface area contributed by atoms with E-state index in [-0.39, 0.29) is 23.5 Å². The predicted octanol–water partition coefficient (Wildman–Crippen LogP) is 4.24. The molecule has 6 nitrogen and oxygen atoms in total. The molecular weight excluding hydrogens is 322 g/mol. The smallest absolute Gasteiger partial charge is 0.337 e. The van der Waals surface area contributed by atoms with E-state index >= 15 is 0 Å². The van der Waals surface area contributed by atoms with E-state index in [1.54, 1.807) is 12.1 Å². The maximum absolute atomic E-state index is 12.2. The van der Waals surface area contributed by atoms with Gasteiger partial charge in [-0.15, -0.1) is 0 Å². The van der Waals surface area contributed by atoms with Crippen LogP contribution in [0, 0.1) is 16.0 Å². The van der Waals surface area contributed by atoms with Crippen molar-refractivity contribution in [2.24, 2.45) is 5.92 Å². The molecule has 0 aromatic heterocycles. The Labute approximate surface area is 146 Å². The summed E-state index contributed by atoms with van der Waals surface area (Å²) in [5, 5.41) is 21.4. The van der Waals surface area contributed by atoms with E-state index in [9.17, 15) is 20.0 Å². The van der Waals surface area contributed by atoms with Crippen LogP contribution in [-0.4, -0.2) is 22.1 Å². The molecule has 6 heteroatoms. The number of ether oxygens (including phenoxy) is 1. The van der Waals surface area contributed by atoms with Crippen molar-refractivity contribution in [1.82, 2.24) is 0 Å². The molecule has 1 fully saturated rings. The third-order valence-electron chi connectivity index (χ3n) is 5.13. The minimum atomic E-state index is -0.414. The highest BCUT2D eigenvalue weighted by Gasteiger charge is 2.37. The fraction of sp³-hybridized carbons (Fsp3) is 0.526. The van der Waals surface area contributed by atoms with Gasteiger partial charge >= 0.3 is 5.97 Å². The lowest BCUT2D eigenvalue weighted by Crippen LogP contribution is -2.34. The van der Waals surface area contributed by atoms with Gasteiger partial charge in [0, 0.05) is 12.1 Å². The van der Waals surface area contributed by atoms with Crippen molar-refractivity contribution in [2.45, 2.75) is 57.5 Å². The quantitative estimate of drug-likeness (QED) is 0.490. The van der Waals surface area contributed by atoms with E-state index in [2.05, 4.69) is 0 Å². The molecule has 1 aliphatic heterocycles. The summed E-state index contributed by atoms with van der Waals surface area (Å²) in [4.78, 5) is 22.6. The topological polar surface area (TPSA) is 89.7 Å². The number of non-ortho nitro benzene ring substituents is 1. The molecule has 1 saturated carbocycles. The molecule has 1 aromatic rings. The molecule has 2 aliphatic rings. The highest BCUT2D eigenvalue weighted by molar-refractivity contribution is 5.90. The molecule has 0 radical (unpaired) electrons. The number of nitro groups is 1. The highest BCUT2D eigenvalue weighted by Crippen LogP contribution is 2.36. The summed E-state index contributed by atoms with van der Waals surface area (Å²) in [6.45, 7) is 0. The van der Waals surface area contributed by atoms with Gasteiger partial charge in [0.1, 0.15) is 11.9 Å². The number of nitro benzene ring substituents is 1. The number of fused-ring (bicyclic) bond motifs is 1. The molecule has 25 heavy (non-hydrogen) atoms. The van der Waals surface area contributed by atoms with Crippen LogP contribution in [-0.2, 0) is 16.0 Å². The Bertz CT molecular complexity index is 697. The second kappa shape index (κ2) is 7.68. The number of hydrogen-bond donors (Lipinski definition) is 1. The number of esters is 1. The second-order valence-corrected chi connectivity index (χ2v) is 6.83. The van der Waals surface area contributed by atoms with E-state index in [4.69, 9.17) is 4.74 Å². The van der Waals surface area contributed by atoms with E-state index in [0.29, 0.717) is 24.8 Å². The fourth-order valence-corrected chi connectivity index (χ4v) is 3.79. The van der Waals surface area contributed by atoms with Crippen molar-refractivity contribution in [3.63, 3.8) is 0 Å². The van der Waals surface area contributed by atoms with Crippen LogP contribution in [0.4, 0.5) is 5.69 Å². The second-order valence-electron chi connectivity index (χ2n) is 6.83. The van der Waals surface area contributed by atoms with Gasteiger partial charge in [-0.05, 0) is 44.1 Å². The Hall–Kier alpha value is -2.37. The molecule has 134 valence electrons. The summed E-state index contributed by atoms with van der Waals surface area (Å²) < 4.78 is 5.56. The molecule has 0 bridgehead atoms. The van der Waals surface area contributed by atoms with Crippen molar-refractivity contribution >= 4 is 11.7 Å². The third-order valence-corrected chi connectivity index (χ3v) is 5.13. The first-order chi connectivity index (χ1) is 12.1. The minimum absolute atomic E-state index is 0.0620. The number of carbonyl (C=O) groups excluding carboxylic acids is 1. The lowest BCUT2D eigenvalue weighted by Gasteiger charge is -2.31. The first-order valence-corrected chi connectivity index (χ1v) is 8.92. The van der Waals surface area contributed by atoms with Gasteiger partial charge in [-0.3, -0.25) is 10.1 Å². The number of aliphatic hydroxyl groups excluding tert-OH is 1. The predicted molar refractivity (Wildman–Crippen MR) is 92.1 cm³/mol. The summed E-state index contributed by atoms with van der Waals surface area (Å²) in [7, 11) is 0. The zero-order valence-corrected chi connectivity index (χ0v) is 14.1. The van der Waals surface area contributed by atoms with Crippen LogP contribution in [0.15, 0.2) is 35.6 Å². The molecule has 2 atom stereocenters. The van der Waals surface area contributed by atoms with Crippen LogP contribution in [0.1, 0.15) is 50.5 Å². The zero-order chi connectivity index (χ0) is 17.8. The van der Waals surface area contributed by atoms with Crippen molar-refractivity contribution in [2.75, 3.05) is 0 Å². The Morgan fingerprint density at radius 2 is 2.00 bits per heavy atom. The number of nitrogens with zero attached hydrogens (tertiary/aromatic N) is 1. The molecule has 0 spiro atoms. The van der Waals surface area contributed by atoms with Crippen LogP contribution in [0.25, 0.3) is 0 Å².